The van der Waals surface area contributed by atoms with Crippen molar-refractivity contribution < 1.29 is 19.1 Å². The van der Waals surface area contributed by atoms with Crippen molar-refractivity contribution in [3.8, 4) is 5.75 Å². The van der Waals surface area contributed by atoms with Crippen LogP contribution in [0.15, 0.2) is 18.2 Å². The minimum absolute atomic E-state index is 0.111. The van der Waals surface area contributed by atoms with Crippen LogP contribution in [0.2, 0.25) is 0 Å². The summed E-state index contributed by atoms with van der Waals surface area (Å²) in [6.45, 7) is 3.26. The monoisotopic (exact) mass is 290 g/mol. The lowest BCUT2D eigenvalue weighted by atomic mass is 10.0. The van der Waals surface area contributed by atoms with E-state index >= 15 is 0 Å². The van der Waals surface area contributed by atoms with E-state index in [1.54, 1.807) is 7.11 Å². The number of ether oxygens (including phenoxy) is 2. The van der Waals surface area contributed by atoms with Crippen LogP contribution in [0.3, 0.4) is 0 Å². The van der Waals surface area contributed by atoms with Gasteiger partial charge in [0.1, 0.15) is 24.9 Å². The summed E-state index contributed by atoms with van der Waals surface area (Å²) in [6, 6.07) is 5.23. The highest BCUT2D eigenvalue weighted by Gasteiger charge is 2.43. The Bertz CT molecular complexity index is 587. The van der Waals surface area contributed by atoms with Crippen molar-refractivity contribution in [2.45, 2.75) is 13.0 Å². The van der Waals surface area contributed by atoms with E-state index in [-0.39, 0.29) is 24.5 Å². The number of carbonyl (C=O) groups is 2. The van der Waals surface area contributed by atoms with Crippen molar-refractivity contribution in [3.63, 3.8) is 0 Å². The van der Waals surface area contributed by atoms with Crippen LogP contribution in [0.4, 0.5) is 4.79 Å². The van der Waals surface area contributed by atoms with E-state index in [1.807, 2.05) is 25.1 Å². The van der Waals surface area contributed by atoms with E-state index in [0.717, 1.165) is 16.9 Å². The number of rotatable bonds is 4. The highest BCUT2D eigenvalue weighted by Crippen LogP contribution is 2.38. The van der Waals surface area contributed by atoms with Crippen LogP contribution >= 0.6 is 0 Å². The van der Waals surface area contributed by atoms with Crippen molar-refractivity contribution in [1.29, 1.82) is 0 Å². The highest BCUT2D eigenvalue weighted by atomic mass is 16.5. The maximum atomic E-state index is 12.4. The van der Waals surface area contributed by atoms with Gasteiger partial charge in [-0.25, -0.2) is 4.79 Å². The molecule has 0 saturated carbocycles. The lowest BCUT2D eigenvalue weighted by molar-refractivity contribution is -0.127. The Labute approximate surface area is 123 Å². The minimum Gasteiger partial charge on any atom is -0.491 e. The Morgan fingerprint density at radius 1 is 1.38 bits per heavy atom. The van der Waals surface area contributed by atoms with Crippen LogP contribution in [0, 0.1) is 6.92 Å². The molecule has 0 aliphatic carbocycles. The van der Waals surface area contributed by atoms with Crippen molar-refractivity contribution in [2.24, 2.45) is 0 Å². The molecule has 2 heterocycles. The number of imide groups is 1. The third-order valence-corrected chi connectivity index (χ3v) is 3.87. The zero-order valence-corrected chi connectivity index (χ0v) is 12.2. The van der Waals surface area contributed by atoms with Crippen LogP contribution in [-0.2, 0) is 9.53 Å². The Hall–Kier alpha value is -2.08. The van der Waals surface area contributed by atoms with Crippen LogP contribution < -0.4 is 4.74 Å². The third kappa shape index (κ3) is 2.35. The van der Waals surface area contributed by atoms with Crippen molar-refractivity contribution in [3.05, 3.63) is 29.3 Å². The number of carbonyl (C=O) groups excluding carboxylic acids is 2. The summed E-state index contributed by atoms with van der Waals surface area (Å²) in [7, 11) is 1.57. The molecular formula is C15H18N2O4. The predicted octanol–water partition coefficient (Wildman–Crippen LogP) is 1.34. The summed E-state index contributed by atoms with van der Waals surface area (Å²) in [5, 5.41) is 0. The molecule has 6 nitrogen and oxygen atoms in total. The molecule has 0 radical (unpaired) electrons. The lowest BCUT2D eigenvalue weighted by Gasteiger charge is -2.21. The quantitative estimate of drug-likeness (QED) is 0.785. The summed E-state index contributed by atoms with van der Waals surface area (Å²) in [6.07, 6.45) is 0. The fourth-order valence-electron chi connectivity index (χ4n) is 2.78. The molecule has 3 rings (SSSR count). The van der Waals surface area contributed by atoms with E-state index in [1.165, 1.54) is 9.80 Å². The van der Waals surface area contributed by atoms with Gasteiger partial charge in [-0.05, 0) is 13.0 Å². The van der Waals surface area contributed by atoms with Gasteiger partial charge in [-0.1, -0.05) is 17.7 Å². The van der Waals surface area contributed by atoms with Gasteiger partial charge in [0, 0.05) is 19.2 Å². The number of fused-ring (bicyclic) bond motifs is 1. The lowest BCUT2D eigenvalue weighted by Crippen LogP contribution is -2.37. The standard InChI is InChI=1S/C15H18N2O4/c1-10-3-4-13-11(7-10)12(9-21-13)17-14(18)8-16(15(17)19)5-6-20-2/h3-4,7,12H,5-6,8-9H2,1-2H3. The Kier molecular flexibility index (Phi) is 3.55. The first-order valence-corrected chi connectivity index (χ1v) is 6.95. The zero-order valence-electron chi connectivity index (χ0n) is 12.2. The van der Waals surface area contributed by atoms with Gasteiger partial charge in [-0.2, -0.15) is 0 Å². The molecular weight excluding hydrogens is 272 g/mol. The second-order valence-corrected chi connectivity index (χ2v) is 5.33. The molecule has 2 aliphatic heterocycles. The van der Waals surface area contributed by atoms with Gasteiger partial charge in [0.05, 0.1) is 6.61 Å². The second kappa shape index (κ2) is 5.37. The molecule has 1 fully saturated rings. The molecule has 1 saturated heterocycles. The van der Waals surface area contributed by atoms with Crippen LogP contribution in [0.25, 0.3) is 0 Å². The summed E-state index contributed by atoms with van der Waals surface area (Å²) >= 11 is 0. The minimum atomic E-state index is -0.326. The SMILES string of the molecule is COCCN1CC(=O)N(C2COc3ccc(C)cc32)C1=O. The summed E-state index contributed by atoms with van der Waals surface area (Å²) < 4.78 is 10.6. The number of nitrogens with zero attached hydrogens (tertiary/aromatic N) is 2. The topological polar surface area (TPSA) is 59.1 Å². The van der Waals surface area contributed by atoms with Gasteiger partial charge in [0.2, 0.25) is 0 Å². The van der Waals surface area contributed by atoms with Gasteiger partial charge in [-0.3, -0.25) is 9.69 Å². The van der Waals surface area contributed by atoms with Crippen molar-refractivity contribution in [2.75, 3.05) is 33.4 Å². The van der Waals surface area contributed by atoms with Crippen molar-refractivity contribution >= 4 is 11.9 Å². The number of hydrogen-bond donors (Lipinski definition) is 0. The first-order valence-electron chi connectivity index (χ1n) is 6.95. The molecule has 0 aromatic heterocycles. The average Bonchev–Trinajstić information content (AvgIpc) is 2.97. The van der Waals surface area contributed by atoms with Crippen LogP contribution in [-0.4, -0.2) is 55.2 Å². The van der Waals surface area contributed by atoms with E-state index in [9.17, 15) is 9.59 Å². The van der Waals surface area contributed by atoms with Crippen LogP contribution in [0.1, 0.15) is 17.2 Å². The maximum absolute atomic E-state index is 12.4. The van der Waals surface area contributed by atoms with Gasteiger partial charge in [0.25, 0.3) is 5.91 Å². The third-order valence-electron chi connectivity index (χ3n) is 3.87. The number of hydrogen-bond acceptors (Lipinski definition) is 4. The number of aryl methyl sites for hydroxylation is 1. The predicted molar refractivity (Wildman–Crippen MR) is 75.1 cm³/mol. The number of benzene rings is 1. The smallest absolute Gasteiger partial charge is 0.328 e. The number of urea groups is 1. The van der Waals surface area contributed by atoms with E-state index < -0.39 is 0 Å². The Balaban J connectivity index is 1.84. The second-order valence-electron chi connectivity index (χ2n) is 5.33. The molecule has 1 aromatic rings. The van der Waals surface area contributed by atoms with E-state index in [0.29, 0.717) is 19.8 Å². The Morgan fingerprint density at radius 3 is 2.95 bits per heavy atom. The molecule has 0 N–H and O–H groups in total. The van der Waals surface area contributed by atoms with Gasteiger partial charge < -0.3 is 14.4 Å². The molecule has 1 atom stereocenters. The summed E-state index contributed by atoms with van der Waals surface area (Å²) in [4.78, 5) is 27.5. The van der Waals surface area contributed by atoms with Crippen molar-refractivity contribution in [1.82, 2.24) is 9.80 Å². The largest absolute Gasteiger partial charge is 0.491 e. The Morgan fingerprint density at radius 2 is 2.19 bits per heavy atom. The summed E-state index contributed by atoms with van der Waals surface area (Å²) in [5.41, 5.74) is 1.99. The fraction of sp³-hybridized carbons (Fsp3) is 0.467. The highest BCUT2D eigenvalue weighted by molar-refractivity contribution is 6.02. The molecule has 6 heteroatoms. The molecule has 0 bridgehead atoms. The molecule has 0 spiro atoms. The first kappa shape index (κ1) is 13.9. The molecule has 3 amide bonds. The summed E-state index contributed by atoms with van der Waals surface area (Å²) in [5.74, 6) is 0.570. The fourth-order valence-corrected chi connectivity index (χ4v) is 2.78. The van der Waals surface area contributed by atoms with Gasteiger partial charge in [0.15, 0.2) is 0 Å². The van der Waals surface area contributed by atoms with Crippen LogP contribution in [0.5, 0.6) is 5.75 Å². The maximum Gasteiger partial charge on any atom is 0.328 e. The normalized spacial score (nSPS) is 21.0. The van der Waals surface area contributed by atoms with E-state index in [2.05, 4.69) is 0 Å². The number of methoxy groups -OCH3 is 1. The zero-order chi connectivity index (χ0) is 15.0. The first-order chi connectivity index (χ1) is 10.1. The average molecular weight is 290 g/mol. The van der Waals surface area contributed by atoms with E-state index in [4.69, 9.17) is 9.47 Å². The van der Waals surface area contributed by atoms with Gasteiger partial charge in [-0.15, -0.1) is 0 Å². The molecule has 1 aromatic carbocycles. The number of amides is 3. The molecule has 1 unspecified atom stereocenters. The molecule has 21 heavy (non-hydrogen) atoms. The molecule has 112 valence electrons. The molecule has 2 aliphatic rings. The van der Waals surface area contributed by atoms with Gasteiger partial charge >= 0.3 is 6.03 Å².